The molecule has 0 saturated carbocycles. The Morgan fingerprint density at radius 3 is 2.96 bits per heavy atom. The molecule has 23 heavy (non-hydrogen) atoms. The Kier molecular flexibility index (Phi) is 6.75. The number of carbonyl (C=O) groups excluding carboxylic acids is 1. The first-order valence-electron chi connectivity index (χ1n) is 7.65. The first kappa shape index (κ1) is 17.1. The number of rotatable bonds is 8. The van der Waals surface area contributed by atoms with Gasteiger partial charge in [0.1, 0.15) is 0 Å². The topological polar surface area (TPSA) is 54.8 Å². The van der Waals surface area contributed by atoms with Gasteiger partial charge >= 0.3 is 5.97 Å². The van der Waals surface area contributed by atoms with E-state index in [1.165, 1.54) is 11.3 Å². The van der Waals surface area contributed by atoms with Crippen molar-refractivity contribution in [1.29, 1.82) is 0 Å². The summed E-state index contributed by atoms with van der Waals surface area (Å²) in [5.41, 5.74) is 1.26. The van der Waals surface area contributed by atoms with Crippen molar-refractivity contribution in [3.05, 3.63) is 47.0 Å². The maximum absolute atomic E-state index is 12.2. The minimum Gasteiger partial charge on any atom is -0.462 e. The van der Waals surface area contributed by atoms with Gasteiger partial charge in [-0.15, -0.1) is 11.3 Å². The van der Waals surface area contributed by atoms with Crippen LogP contribution in [0.2, 0.25) is 0 Å². The van der Waals surface area contributed by atoms with Crippen LogP contribution in [0.3, 0.4) is 0 Å². The molecule has 0 saturated heterocycles. The number of esters is 1. The third-order valence-corrected chi connectivity index (χ3v) is 4.07. The number of hydrazone groups is 1. The molecule has 0 atom stereocenters. The Balaban J connectivity index is 2.03. The standard InChI is InChI=1S/C17H21N3O2S/c1-3-4-7-11-22-16(21)15-9-6-5-8-14(15)13-19-20(2)17-18-10-12-23-17/h5-6,8-10,12-13H,3-4,7,11H2,1-2H3/b19-13+. The zero-order chi connectivity index (χ0) is 16.5. The van der Waals surface area contributed by atoms with E-state index in [4.69, 9.17) is 4.74 Å². The normalized spacial score (nSPS) is 10.9. The number of unbranched alkanes of at least 4 members (excludes halogenated alkanes) is 2. The average molecular weight is 331 g/mol. The molecule has 0 aliphatic carbocycles. The van der Waals surface area contributed by atoms with E-state index in [0.29, 0.717) is 12.2 Å². The van der Waals surface area contributed by atoms with Crippen molar-refractivity contribution >= 4 is 28.7 Å². The quantitative estimate of drug-likeness (QED) is 0.318. The molecule has 0 unspecified atom stereocenters. The molecule has 0 radical (unpaired) electrons. The van der Waals surface area contributed by atoms with Crippen molar-refractivity contribution in [3.63, 3.8) is 0 Å². The molecule has 6 heteroatoms. The maximum Gasteiger partial charge on any atom is 0.338 e. The molecule has 1 heterocycles. The third-order valence-electron chi connectivity index (χ3n) is 3.23. The molecule has 1 aromatic heterocycles. The number of hydrogen-bond acceptors (Lipinski definition) is 6. The monoisotopic (exact) mass is 331 g/mol. The van der Waals surface area contributed by atoms with E-state index in [9.17, 15) is 4.79 Å². The molecule has 0 aliphatic heterocycles. The number of thiazole rings is 1. The summed E-state index contributed by atoms with van der Waals surface area (Å²) in [6.45, 7) is 2.57. The molecule has 0 amide bonds. The van der Waals surface area contributed by atoms with Crippen molar-refractivity contribution < 1.29 is 9.53 Å². The Hall–Kier alpha value is -2.21. The number of aromatic nitrogens is 1. The van der Waals surface area contributed by atoms with Crippen LogP contribution in [0.1, 0.15) is 42.1 Å². The van der Waals surface area contributed by atoms with Crippen LogP contribution in [0.4, 0.5) is 5.13 Å². The lowest BCUT2D eigenvalue weighted by Gasteiger charge is -2.09. The Morgan fingerprint density at radius 1 is 1.39 bits per heavy atom. The summed E-state index contributed by atoms with van der Waals surface area (Å²) in [5.74, 6) is -0.306. The van der Waals surface area contributed by atoms with Gasteiger partial charge in [-0.25, -0.2) is 14.8 Å². The fraction of sp³-hybridized carbons (Fsp3) is 0.353. The molecule has 5 nitrogen and oxygen atoms in total. The van der Waals surface area contributed by atoms with Crippen LogP contribution in [0.15, 0.2) is 40.9 Å². The van der Waals surface area contributed by atoms with Gasteiger partial charge in [-0.05, 0) is 12.5 Å². The average Bonchev–Trinajstić information content (AvgIpc) is 3.11. The molecule has 1 aromatic carbocycles. The fourth-order valence-corrected chi connectivity index (χ4v) is 2.53. The van der Waals surface area contributed by atoms with Gasteiger partial charge in [0.15, 0.2) is 0 Å². The van der Waals surface area contributed by atoms with Crippen LogP contribution >= 0.6 is 11.3 Å². The van der Waals surface area contributed by atoms with Crippen LogP contribution in [-0.2, 0) is 4.74 Å². The molecule has 0 bridgehead atoms. The van der Waals surface area contributed by atoms with E-state index in [1.54, 1.807) is 23.5 Å². The highest BCUT2D eigenvalue weighted by atomic mass is 32.1. The van der Waals surface area contributed by atoms with Gasteiger partial charge in [-0.2, -0.15) is 5.10 Å². The zero-order valence-electron chi connectivity index (χ0n) is 13.4. The second-order valence-corrected chi connectivity index (χ2v) is 5.89. The molecule has 2 aromatic rings. The smallest absolute Gasteiger partial charge is 0.338 e. The van der Waals surface area contributed by atoms with E-state index in [-0.39, 0.29) is 5.97 Å². The van der Waals surface area contributed by atoms with Gasteiger partial charge in [0, 0.05) is 24.2 Å². The summed E-state index contributed by atoms with van der Waals surface area (Å²) in [4.78, 5) is 16.4. The molecule has 122 valence electrons. The minimum absolute atomic E-state index is 0.306. The van der Waals surface area contributed by atoms with Crippen LogP contribution in [0.25, 0.3) is 0 Å². The lowest BCUT2D eigenvalue weighted by atomic mass is 10.1. The predicted octanol–water partition coefficient (Wildman–Crippen LogP) is 3.96. The van der Waals surface area contributed by atoms with Gasteiger partial charge in [0.2, 0.25) is 5.13 Å². The number of benzene rings is 1. The van der Waals surface area contributed by atoms with Crippen LogP contribution in [0.5, 0.6) is 0 Å². The number of carbonyl (C=O) groups is 1. The van der Waals surface area contributed by atoms with Crippen molar-refractivity contribution in [1.82, 2.24) is 4.98 Å². The summed E-state index contributed by atoms with van der Waals surface area (Å²) in [6.07, 6.45) is 6.45. The Morgan fingerprint density at radius 2 is 2.22 bits per heavy atom. The highest BCUT2D eigenvalue weighted by Gasteiger charge is 2.11. The summed E-state index contributed by atoms with van der Waals surface area (Å²) in [7, 11) is 1.82. The summed E-state index contributed by atoms with van der Waals surface area (Å²) < 4.78 is 5.33. The Labute approximate surface area is 140 Å². The van der Waals surface area contributed by atoms with Crippen LogP contribution < -0.4 is 5.01 Å². The van der Waals surface area contributed by atoms with Gasteiger partial charge in [0.25, 0.3) is 0 Å². The van der Waals surface area contributed by atoms with Crippen molar-refractivity contribution in [2.75, 3.05) is 18.7 Å². The summed E-state index contributed by atoms with van der Waals surface area (Å²) >= 11 is 1.50. The highest BCUT2D eigenvalue weighted by molar-refractivity contribution is 7.13. The van der Waals surface area contributed by atoms with Crippen molar-refractivity contribution in [2.45, 2.75) is 26.2 Å². The van der Waals surface area contributed by atoms with E-state index in [1.807, 2.05) is 30.6 Å². The van der Waals surface area contributed by atoms with Crippen LogP contribution in [-0.4, -0.2) is 30.8 Å². The summed E-state index contributed by atoms with van der Waals surface area (Å²) in [6, 6.07) is 7.30. The lowest BCUT2D eigenvalue weighted by molar-refractivity contribution is 0.0498. The second kappa shape index (κ2) is 9.05. The SMILES string of the molecule is CCCCCOC(=O)c1ccccc1/C=N/N(C)c1nccs1. The molecule has 2 rings (SSSR count). The number of hydrogen-bond donors (Lipinski definition) is 0. The Bertz CT molecular complexity index is 641. The number of anilines is 1. The first-order chi connectivity index (χ1) is 11.2. The van der Waals surface area contributed by atoms with E-state index in [2.05, 4.69) is 17.0 Å². The van der Waals surface area contributed by atoms with Crippen LogP contribution in [0, 0.1) is 0 Å². The molecule has 0 aliphatic rings. The molecule has 0 N–H and O–H groups in total. The van der Waals surface area contributed by atoms with Gasteiger partial charge < -0.3 is 4.74 Å². The van der Waals surface area contributed by atoms with Crippen molar-refractivity contribution in [3.8, 4) is 0 Å². The lowest BCUT2D eigenvalue weighted by Crippen LogP contribution is -2.11. The van der Waals surface area contributed by atoms with Gasteiger partial charge in [-0.1, -0.05) is 38.0 Å². The second-order valence-electron chi connectivity index (χ2n) is 5.01. The molecular weight excluding hydrogens is 310 g/mol. The highest BCUT2D eigenvalue weighted by Crippen LogP contribution is 2.16. The van der Waals surface area contributed by atoms with Crippen molar-refractivity contribution in [2.24, 2.45) is 5.10 Å². The number of ether oxygens (including phenoxy) is 1. The van der Waals surface area contributed by atoms with Gasteiger partial charge in [0.05, 0.1) is 18.4 Å². The van der Waals surface area contributed by atoms with Gasteiger partial charge in [-0.3, -0.25) is 0 Å². The first-order valence-corrected chi connectivity index (χ1v) is 8.53. The van der Waals surface area contributed by atoms with E-state index < -0.39 is 0 Å². The zero-order valence-corrected chi connectivity index (χ0v) is 14.3. The third kappa shape index (κ3) is 5.17. The number of nitrogens with zero attached hydrogens (tertiary/aromatic N) is 3. The van der Waals surface area contributed by atoms with E-state index in [0.717, 1.165) is 30.0 Å². The van der Waals surface area contributed by atoms with E-state index >= 15 is 0 Å². The minimum atomic E-state index is -0.306. The fourth-order valence-electron chi connectivity index (χ4n) is 1.96. The molecular formula is C17H21N3O2S. The molecule has 0 fully saturated rings. The maximum atomic E-state index is 12.2. The molecule has 0 spiro atoms. The summed E-state index contributed by atoms with van der Waals surface area (Å²) in [5, 5.41) is 8.70. The predicted molar refractivity (Wildman–Crippen MR) is 94.4 cm³/mol. The largest absolute Gasteiger partial charge is 0.462 e.